The highest BCUT2D eigenvalue weighted by atomic mass is 32.1. The second-order valence-corrected chi connectivity index (χ2v) is 6.50. The lowest BCUT2D eigenvalue weighted by atomic mass is 9.89. The van der Waals surface area contributed by atoms with Crippen molar-refractivity contribution in [1.29, 1.82) is 0 Å². The molecule has 0 aliphatic heterocycles. The predicted octanol–water partition coefficient (Wildman–Crippen LogP) is 4.26. The Hall–Kier alpha value is -1.32. The number of fused-ring (bicyclic) bond motifs is 1. The zero-order chi connectivity index (χ0) is 13.9. The monoisotopic (exact) mass is 288 g/mol. The van der Waals surface area contributed by atoms with Gasteiger partial charge in [-0.05, 0) is 55.0 Å². The van der Waals surface area contributed by atoms with Crippen molar-refractivity contribution in [3.63, 3.8) is 0 Å². The molecule has 0 saturated carbocycles. The van der Waals surface area contributed by atoms with Crippen LogP contribution in [0.4, 0.5) is 0 Å². The van der Waals surface area contributed by atoms with Gasteiger partial charge in [-0.2, -0.15) is 0 Å². The van der Waals surface area contributed by atoms with E-state index in [1.165, 1.54) is 15.3 Å². The summed E-state index contributed by atoms with van der Waals surface area (Å²) in [6, 6.07) is 10.3. The van der Waals surface area contributed by atoms with Crippen molar-refractivity contribution in [2.75, 3.05) is 0 Å². The predicted molar refractivity (Wildman–Crippen MR) is 82.4 cm³/mol. The third-order valence-electron chi connectivity index (χ3n) is 3.87. The molecule has 0 radical (unpaired) electrons. The molecule has 20 heavy (non-hydrogen) atoms. The molecule has 106 valence electrons. The van der Waals surface area contributed by atoms with E-state index in [4.69, 9.17) is 4.74 Å². The number of aryl methyl sites for hydroxylation is 1. The zero-order valence-corrected chi connectivity index (χ0v) is 12.6. The summed E-state index contributed by atoms with van der Waals surface area (Å²) in [5, 5.41) is 10.1. The van der Waals surface area contributed by atoms with E-state index in [1.54, 1.807) is 0 Å². The van der Waals surface area contributed by atoms with Gasteiger partial charge in [-0.15, -0.1) is 11.3 Å². The second-order valence-electron chi connectivity index (χ2n) is 5.24. The Morgan fingerprint density at radius 3 is 2.90 bits per heavy atom. The normalized spacial score (nSPS) is 17.8. The van der Waals surface area contributed by atoms with Crippen LogP contribution in [0.25, 0.3) is 0 Å². The smallest absolute Gasteiger partial charge is 0.123 e. The van der Waals surface area contributed by atoms with E-state index in [9.17, 15) is 5.11 Å². The first-order valence-electron chi connectivity index (χ1n) is 7.28. The van der Waals surface area contributed by atoms with Gasteiger partial charge in [0.05, 0.1) is 6.10 Å². The molecule has 0 bridgehead atoms. The van der Waals surface area contributed by atoms with E-state index in [-0.39, 0.29) is 6.10 Å². The molecule has 0 saturated heterocycles. The second kappa shape index (κ2) is 5.98. The molecular formula is C17H20O2S. The topological polar surface area (TPSA) is 29.5 Å². The number of aliphatic hydroxyl groups excluding tert-OH is 1. The molecule has 1 heterocycles. The first-order valence-corrected chi connectivity index (χ1v) is 8.10. The molecule has 1 aliphatic rings. The fourth-order valence-electron chi connectivity index (χ4n) is 2.76. The minimum atomic E-state index is -0.323. The van der Waals surface area contributed by atoms with E-state index >= 15 is 0 Å². The highest BCUT2D eigenvalue weighted by Crippen LogP contribution is 2.35. The van der Waals surface area contributed by atoms with Crippen molar-refractivity contribution in [3.05, 3.63) is 51.2 Å². The quantitative estimate of drug-likeness (QED) is 0.911. The molecule has 1 N–H and O–H groups in total. The van der Waals surface area contributed by atoms with E-state index in [1.807, 2.05) is 29.5 Å². The van der Waals surface area contributed by atoms with Gasteiger partial charge < -0.3 is 9.84 Å². The van der Waals surface area contributed by atoms with Crippen molar-refractivity contribution >= 4 is 11.3 Å². The average Bonchev–Trinajstić information content (AvgIpc) is 2.94. The van der Waals surface area contributed by atoms with Crippen LogP contribution in [0.2, 0.25) is 0 Å². The number of hydrogen-bond acceptors (Lipinski definition) is 3. The number of aliphatic hydroxyl groups is 1. The summed E-state index contributed by atoms with van der Waals surface area (Å²) in [4.78, 5) is 2.66. The third-order valence-corrected chi connectivity index (χ3v) is 5.07. The van der Waals surface area contributed by atoms with Crippen LogP contribution in [0.5, 0.6) is 5.75 Å². The molecule has 1 aromatic heterocycles. The Kier molecular flexibility index (Phi) is 4.08. The molecule has 3 rings (SSSR count). The lowest BCUT2D eigenvalue weighted by Crippen LogP contribution is -2.10. The van der Waals surface area contributed by atoms with Crippen molar-refractivity contribution in [1.82, 2.24) is 0 Å². The van der Waals surface area contributed by atoms with Gasteiger partial charge in [-0.3, -0.25) is 0 Å². The summed E-state index contributed by atoms with van der Waals surface area (Å²) in [6.45, 7) is 2.79. The van der Waals surface area contributed by atoms with Crippen LogP contribution in [0.3, 0.4) is 0 Å². The third kappa shape index (κ3) is 2.74. The van der Waals surface area contributed by atoms with Crippen molar-refractivity contribution < 1.29 is 9.84 Å². The first kappa shape index (κ1) is 13.7. The van der Waals surface area contributed by atoms with E-state index in [2.05, 4.69) is 19.1 Å². The van der Waals surface area contributed by atoms with Crippen molar-refractivity contribution in [2.45, 2.75) is 45.3 Å². The molecule has 2 nitrogen and oxygen atoms in total. The first-order chi connectivity index (χ1) is 9.78. The minimum Gasteiger partial charge on any atom is -0.488 e. The fraction of sp³-hybridized carbons (Fsp3) is 0.412. The summed E-state index contributed by atoms with van der Waals surface area (Å²) < 4.78 is 6.00. The highest BCUT2D eigenvalue weighted by molar-refractivity contribution is 7.11. The fourth-order valence-corrected chi connectivity index (χ4v) is 3.64. The zero-order valence-electron chi connectivity index (χ0n) is 11.8. The van der Waals surface area contributed by atoms with Gasteiger partial charge in [0, 0.05) is 9.75 Å². The summed E-state index contributed by atoms with van der Waals surface area (Å²) in [5.41, 5.74) is 2.24. The van der Waals surface area contributed by atoms with E-state index in [0.29, 0.717) is 6.61 Å². The molecule has 0 spiro atoms. The summed E-state index contributed by atoms with van der Waals surface area (Å²) in [6.07, 6.45) is 3.66. The molecule has 1 atom stereocenters. The number of thiophene rings is 1. The summed E-state index contributed by atoms with van der Waals surface area (Å²) in [5.74, 6) is 0.938. The van der Waals surface area contributed by atoms with Crippen LogP contribution in [0.1, 0.15) is 46.8 Å². The van der Waals surface area contributed by atoms with Gasteiger partial charge >= 0.3 is 0 Å². The summed E-state index contributed by atoms with van der Waals surface area (Å²) >= 11 is 1.82. The Morgan fingerprint density at radius 1 is 1.25 bits per heavy atom. The molecule has 0 amide bonds. The van der Waals surface area contributed by atoms with Crippen molar-refractivity contribution in [2.24, 2.45) is 0 Å². The van der Waals surface area contributed by atoms with Gasteiger partial charge in [-0.1, -0.05) is 19.1 Å². The average molecular weight is 288 g/mol. The Labute approximate surface area is 124 Å². The Balaban J connectivity index is 1.76. The van der Waals surface area contributed by atoms with Gasteiger partial charge in [-0.25, -0.2) is 0 Å². The van der Waals surface area contributed by atoms with Crippen LogP contribution in [-0.4, -0.2) is 5.11 Å². The van der Waals surface area contributed by atoms with Crippen LogP contribution in [0, 0.1) is 0 Å². The van der Waals surface area contributed by atoms with Crippen LogP contribution >= 0.6 is 11.3 Å². The van der Waals surface area contributed by atoms with E-state index < -0.39 is 0 Å². The molecule has 1 aliphatic carbocycles. The van der Waals surface area contributed by atoms with Gasteiger partial charge in [0.15, 0.2) is 0 Å². The van der Waals surface area contributed by atoms with Crippen LogP contribution < -0.4 is 4.74 Å². The van der Waals surface area contributed by atoms with E-state index in [0.717, 1.165) is 37.0 Å². The van der Waals surface area contributed by atoms with Crippen LogP contribution in [-0.2, 0) is 19.4 Å². The van der Waals surface area contributed by atoms with Crippen molar-refractivity contribution in [3.8, 4) is 5.75 Å². The Morgan fingerprint density at radius 2 is 2.10 bits per heavy atom. The summed E-state index contributed by atoms with van der Waals surface area (Å²) in [7, 11) is 0. The minimum absolute atomic E-state index is 0.323. The lowest BCUT2D eigenvalue weighted by molar-refractivity contribution is 0.155. The molecule has 2 aromatic rings. The molecule has 1 unspecified atom stereocenters. The molecule has 1 aromatic carbocycles. The van der Waals surface area contributed by atoms with Gasteiger partial charge in [0.1, 0.15) is 12.4 Å². The standard InChI is InChI=1S/C17H20O2S/c1-2-12-9-10-13(20-12)11-19-17-8-4-5-14-15(17)6-3-7-16(14)18/h4-5,8-10,16,18H,2-3,6-7,11H2,1H3. The largest absolute Gasteiger partial charge is 0.488 e. The lowest BCUT2D eigenvalue weighted by Gasteiger charge is -2.23. The maximum absolute atomic E-state index is 10.1. The number of benzene rings is 1. The van der Waals surface area contributed by atoms with Gasteiger partial charge in [0.2, 0.25) is 0 Å². The number of hydrogen-bond donors (Lipinski definition) is 1. The molecule has 0 fully saturated rings. The number of ether oxygens (including phenoxy) is 1. The maximum atomic E-state index is 10.1. The number of rotatable bonds is 4. The highest BCUT2D eigenvalue weighted by Gasteiger charge is 2.20. The SMILES string of the molecule is CCc1ccc(COc2cccc3c2CCCC3O)s1. The molecule has 3 heteroatoms. The van der Waals surface area contributed by atoms with Crippen LogP contribution in [0.15, 0.2) is 30.3 Å². The van der Waals surface area contributed by atoms with Gasteiger partial charge in [0.25, 0.3) is 0 Å². The maximum Gasteiger partial charge on any atom is 0.123 e. The Bertz CT molecular complexity index is 588. The molecular weight excluding hydrogens is 268 g/mol.